The lowest BCUT2D eigenvalue weighted by Gasteiger charge is -2.05. The topological polar surface area (TPSA) is 59.8 Å². The van der Waals surface area contributed by atoms with Crippen molar-refractivity contribution < 1.29 is 4.79 Å². The molecule has 0 aliphatic rings. The maximum Gasteiger partial charge on any atom is 0.258 e. The maximum atomic E-state index is 12.3. The molecule has 21 heavy (non-hydrogen) atoms. The number of carbonyl (C=O) groups is 1. The van der Waals surface area contributed by atoms with Gasteiger partial charge >= 0.3 is 0 Å². The first-order valence-corrected chi connectivity index (χ1v) is 7.20. The molecule has 0 atom stereocenters. The van der Waals surface area contributed by atoms with E-state index in [9.17, 15) is 4.79 Å². The van der Waals surface area contributed by atoms with Crippen LogP contribution in [0.1, 0.15) is 16.1 Å². The van der Waals surface area contributed by atoms with Gasteiger partial charge in [-0.25, -0.2) is 9.97 Å². The van der Waals surface area contributed by atoms with Crippen LogP contribution in [-0.4, -0.2) is 20.4 Å². The molecule has 0 aromatic carbocycles. The first kappa shape index (κ1) is 13.8. The van der Waals surface area contributed by atoms with Gasteiger partial charge in [-0.2, -0.15) is 0 Å². The number of pyridine rings is 2. The predicted octanol–water partition coefficient (Wildman–Crippen LogP) is 3.29. The fraction of sp³-hybridized carbons (Fsp3) is 0.133. The fourth-order valence-electron chi connectivity index (χ4n) is 2.10. The number of hydrogen-bond acceptors (Lipinski definition) is 3. The van der Waals surface area contributed by atoms with Gasteiger partial charge in [0.05, 0.1) is 10.2 Å². The van der Waals surface area contributed by atoms with Gasteiger partial charge in [0, 0.05) is 24.3 Å². The quantitative estimate of drug-likeness (QED) is 0.775. The number of carbonyl (C=O) groups excluding carboxylic acids is 1. The molecule has 0 aliphatic heterocycles. The van der Waals surface area contributed by atoms with E-state index in [0.717, 1.165) is 15.7 Å². The first-order valence-electron chi connectivity index (χ1n) is 6.41. The molecule has 6 heteroatoms. The van der Waals surface area contributed by atoms with E-state index in [1.165, 1.54) is 0 Å². The number of halogens is 1. The molecular formula is C15H13BrN4O. The minimum absolute atomic E-state index is 0.184. The number of nitrogens with one attached hydrogen (secondary N) is 1. The maximum absolute atomic E-state index is 12.3. The van der Waals surface area contributed by atoms with Gasteiger partial charge < -0.3 is 9.88 Å². The minimum Gasteiger partial charge on any atom is -0.342 e. The van der Waals surface area contributed by atoms with Crippen LogP contribution in [0.2, 0.25) is 0 Å². The van der Waals surface area contributed by atoms with E-state index in [4.69, 9.17) is 0 Å². The smallest absolute Gasteiger partial charge is 0.258 e. The molecule has 1 N–H and O–H groups in total. The van der Waals surface area contributed by atoms with Crippen molar-refractivity contribution in [1.29, 1.82) is 0 Å². The van der Waals surface area contributed by atoms with Gasteiger partial charge in [-0.3, -0.25) is 4.79 Å². The zero-order valence-electron chi connectivity index (χ0n) is 11.6. The summed E-state index contributed by atoms with van der Waals surface area (Å²) in [6, 6.07) is 9.24. The summed E-state index contributed by atoms with van der Waals surface area (Å²) < 4.78 is 2.77. The summed E-state index contributed by atoms with van der Waals surface area (Å²) in [5, 5.41) is 3.75. The zero-order valence-corrected chi connectivity index (χ0v) is 13.2. The largest absolute Gasteiger partial charge is 0.342 e. The molecule has 0 bridgehead atoms. The Morgan fingerprint density at radius 2 is 2.14 bits per heavy atom. The third-order valence-corrected chi connectivity index (χ3v) is 4.19. The molecule has 3 heterocycles. The summed E-state index contributed by atoms with van der Waals surface area (Å²) in [6.45, 7) is 1.90. The Kier molecular flexibility index (Phi) is 3.47. The van der Waals surface area contributed by atoms with Gasteiger partial charge in [-0.05, 0) is 53.2 Å². The van der Waals surface area contributed by atoms with Crippen molar-refractivity contribution in [3.05, 3.63) is 52.4 Å². The van der Waals surface area contributed by atoms with E-state index in [1.807, 2.05) is 36.7 Å². The third kappa shape index (κ3) is 2.54. The average Bonchev–Trinajstić information content (AvgIpc) is 2.75. The van der Waals surface area contributed by atoms with Gasteiger partial charge in [0.1, 0.15) is 5.82 Å². The van der Waals surface area contributed by atoms with Crippen molar-refractivity contribution in [3.8, 4) is 0 Å². The van der Waals surface area contributed by atoms with Crippen LogP contribution in [0.4, 0.5) is 5.82 Å². The molecule has 5 nitrogen and oxygen atoms in total. The summed E-state index contributed by atoms with van der Waals surface area (Å²) in [5.41, 5.74) is 2.12. The van der Waals surface area contributed by atoms with E-state index in [-0.39, 0.29) is 5.91 Å². The van der Waals surface area contributed by atoms with Crippen LogP contribution in [-0.2, 0) is 7.05 Å². The molecule has 0 fully saturated rings. The lowest BCUT2D eigenvalue weighted by atomic mass is 10.2. The Morgan fingerprint density at radius 3 is 2.86 bits per heavy atom. The van der Waals surface area contributed by atoms with Gasteiger partial charge in [0.25, 0.3) is 5.91 Å². The zero-order chi connectivity index (χ0) is 15.0. The molecule has 106 valence electrons. The SMILES string of the molecule is Cc1c(C(=O)Nc2ccc3cccnc3n2)cc(Br)n1C. The molecule has 0 unspecified atom stereocenters. The van der Waals surface area contributed by atoms with Crippen molar-refractivity contribution >= 4 is 38.7 Å². The number of fused-ring (bicyclic) bond motifs is 1. The van der Waals surface area contributed by atoms with Crippen molar-refractivity contribution in [2.45, 2.75) is 6.92 Å². The molecule has 0 radical (unpaired) electrons. The number of aromatic nitrogens is 3. The lowest BCUT2D eigenvalue weighted by Crippen LogP contribution is -2.14. The normalized spacial score (nSPS) is 10.8. The first-order chi connectivity index (χ1) is 10.1. The van der Waals surface area contributed by atoms with E-state index in [0.29, 0.717) is 17.0 Å². The second-order valence-electron chi connectivity index (χ2n) is 4.73. The van der Waals surface area contributed by atoms with Gasteiger partial charge in [0.2, 0.25) is 0 Å². The molecular weight excluding hydrogens is 332 g/mol. The highest BCUT2D eigenvalue weighted by Gasteiger charge is 2.15. The van der Waals surface area contributed by atoms with E-state index in [2.05, 4.69) is 31.2 Å². The van der Waals surface area contributed by atoms with Crippen LogP contribution in [0.25, 0.3) is 11.0 Å². The van der Waals surface area contributed by atoms with Crippen molar-refractivity contribution in [2.24, 2.45) is 7.05 Å². The van der Waals surface area contributed by atoms with Crippen molar-refractivity contribution in [2.75, 3.05) is 5.32 Å². The molecule has 3 rings (SSSR count). The van der Waals surface area contributed by atoms with Crippen LogP contribution < -0.4 is 5.32 Å². The molecule has 0 saturated heterocycles. The van der Waals surface area contributed by atoms with Crippen LogP contribution in [0.5, 0.6) is 0 Å². The number of anilines is 1. The van der Waals surface area contributed by atoms with Gasteiger partial charge in [-0.1, -0.05) is 0 Å². The Morgan fingerprint density at radius 1 is 1.33 bits per heavy atom. The molecule has 0 aliphatic carbocycles. The summed E-state index contributed by atoms with van der Waals surface area (Å²) in [5.74, 6) is 0.308. The highest BCUT2D eigenvalue weighted by atomic mass is 79.9. The number of amides is 1. The van der Waals surface area contributed by atoms with E-state index < -0.39 is 0 Å². The summed E-state index contributed by atoms with van der Waals surface area (Å²) in [6.07, 6.45) is 1.68. The monoisotopic (exact) mass is 344 g/mol. The molecule has 3 aromatic rings. The average molecular weight is 345 g/mol. The van der Waals surface area contributed by atoms with Crippen LogP contribution >= 0.6 is 15.9 Å². The summed E-state index contributed by atoms with van der Waals surface area (Å²) in [7, 11) is 1.90. The number of rotatable bonds is 2. The highest BCUT2D eigenvalue weighted by Crippen LogP contribution is 2.20. The standard InChI is InChI=1S/C15H13BrN4O/c1-9-11(8-12(16)20(9)2)15(21)19-13-6-5-10-4-3-7-17-14(10)18-13/h3-8H,1-2H3,(H,17,18,19,21). The minimum atomic E-state index is -0.184. The predicted molar refractivity (Wildman–Crippen MR) is 85.3 cm³/mol. The molecule has 0 saturated carbocycles. The van der Waals surface area contributed by atoms with Gasteiger partial charge in [-0.15, -0.1) is 0 Å². The molecule has 1 amide bonds. The third-order valence-electron chi connectivity index (χ3n) is 3.43. The summed E-state index contributed by atoms with van der Waals surface area (Å²) >= 11 is 3.41. The molecule has 3 aromatic heterocycles. The Balaban J connectivity index is 1.90. The van der Waals surface area contributed by atoms with Crippen LogP contribution in [0.3, 0.4) is 0 Å². The Hall–Kier alpha value is -2.21. The second kappa shape index (κ2) is 5.29. The fourth-order valence-corrected chi connectivity index (χ4v) is 2.59. The van der Waals surface area contributed by atoms with E-state index >= 15 is 0 Å². The number of hydrogen-bond donors (Lipinski definition) is 1. The van der Waals surface area contributed by atoms with Gasteiger partial charge in [0.15, 0.2) is 5.65 Å². The number of nitrogens with zero attached hydrogens (tertiary/aromatic N) is 3. The Labute approximate surface area is 130 Å². The molecule has 0 spiro atoms. The van der Waals surface area contributed by atoms with E-state index in [1.54, 1.807) is 18.3 Å². The Bertz CT molecular complexity index is 841. The second-order valence-corrected chi connectivity index (χ2v) is 5.54. The summed E-state index contributed by atoms with van der Waals surface area (Å²) in [4.78, 5) is 20.9. The lowest BCUT2D eigenvalue weighted by molar-refractivity contribution is 0.102. The van der Waals surface area contributed by atoms with Crippen molar-refractivity contribution in [3.63, 3.8) is 0 Å². The van der Waals surface area contributed by atoms with Crippen molar-refractivity contribution in [1.82, 2.24) is 14.5 Å². The van der Waals surface area contributed by atoms with Crippen LogP contribution in [0, 0.1) is 6.92 Å². The van der Waals surface area contributed by atoms with Crippen LogP contribution in [0.15, 0.2) is 41.1 Å². The highest BCUT2D eigenvalue weighted by molar-refractivity contribution is 9.10.